The Kier molecular flexibility index (Phi) is 6.55. The normalized spacial score (nSPS) is 15.4. The molecule has 32 heavy (non-hydrogen) atoms. The molecule has 0 fully saturated rings. The molecule has 2 aromatic carbocycles. The van der Waals surface area contributed by atoms with E-state index in [0.29, 0.717) is 13.2 Å². The SMILES string of the molecule is CCCCCOc1ccc(C2c3c(oc4ccc(F)cc4c3=O)C(=O)N2CCOC)cc1. The number of carbonyl (C=O) groups is 1. The number of amides is 1. The molecule has 7 heteroatoms. The summed E-state index contributed by atoms with van der Waals surface area (Å²) in [6, 6.07) is 10.4. The van der Waals surface area contributed by atoms with Crippen molar-refractivity contribution >= 4 is 16.9 Å². The highest BCUT2D eigenvalue weighted by molar-refractivity contribution is 5.99. The van der Waals surface area contributed by atoms with E-state index in [1.165, 1.54) is 12.1 Å². The molecule has 0 saturated heterocycles. The zero-order valence-corrected chi connectivity index (χ0v) is 18.2. The highest BCUT2D eigenvalue weighted by Gasteiger charge is 2.42. The molecule has 2 heterocycles. The average molecular weight is 439 g/mol. The highest BCUT2D eigenvalue weighted by atomic mass is 19.1. The summed E-state index contributed by atoms with van der Waals surface area (Å²) in [6.07, 6.45) is 3.21. The summed E-state index contributed by atoms with van der Waals surface area (Å²) < 4.78 is 30.6. The topological polar surface area (TPSA) is 69.0 Å². The van der Waals surface area contributed by atoms with Crippen LogP contribution in [0.25, 0.3) is 11.0 Å². The number of halogens is 1. The molecule has 1 unspecified atom stereocenters. The number of methoxy groups -OCH3 is 1. The third kappa shape index (κ3) is 4.12. The lowest BCUT2D eigenvalue weighted by molar-refractivity contribution is 0.0663. The van der Waals surface area contributed by atoms with E-state index in [0.717, 1.165) is 36.6 Å². The number of ether oxygens (including phenoxy) is 2. The Balaban J connectivity index is 1.74. The number of hydrogen-bond acceptors (Lipinski definition) is 5. The first-order valence-corrected chi connectivity index (χ1v) is 10.8. The van der Waals surface area contributed by atoms with Gasteiger partial charge in [0.25, 0.3) is 5.91 Å². The first kappa shape index (κ1) is 22.0. The van der Waals surface area contributed by atoms with Crippen molar-refractivity contribution in [2.24, 2.45) is 0 Å². The van der Waals surface area contributed by atoms with Gasteiger partial charge in [-0.3, -0.25) is 9.59 Å². The van der Waals surface area contributed by atoms with Gasteiger partial charge in [-0.15, -0.1) is 0 Å². The van der Waals surface area contributed by atoms with Crippen LogP contribution in [0.3, 0.4) is 0 Å². The summed E-state index contributed by atoms with van der Waals surface area (Å²) in [7, 11) is 1.55. The molecule has 1 amide bonds. The molecule has 0 radical (unpaired) electrons. The number of carbonyl (C=O) groups excluding carboxylic acids is 1. The van der Waals surface area contributed by atoms with Crippen LogP contribution in [0.5, 0.6) is 5.75 Å². The molecule has 168 valence electrons. The van der Waals surface area contributed by atoms with Gasteiger partial charge in [0.15, 0.2) is 5.43 Å². The van der Waals surface area contributed by atoms with E-state index in [1.807, 2.05) is 24.3 Å². The van der Waals surface area contributed by atoms with Gasteiger partial charge in [-0.05, 0) is 42.3 Å². The van der Waals surface area contributed by atoms with Crippen molar-refractivity contribution in [1.29, 1.82) is 0 Å². The molecule has 0 spiro atoms. The second-order valence-electron chi connectivity index (χ2n) is 7.83. The minimum Gasteiger partial charge on any atom is -0.494 e. The molecule has 0 saturated carbocycles. The Morgan fingerprint density at radius 2 is 1.84 bits per heavy atom. The van der Waals surface area contributed by atoms with E-state index in [2.05, 4.69) is 6.92 Å². The molecule has 0 bridgehead atoms. The number of hydrogen-bond donors (Lipinski definition) is 0. The second kappa shape index (κ2) is 9.53. The maximum absolute atomic E-state index is 13.8. The molecule has 3 aromatic rings. The predicted octanol–water partition coefficient (Wildman–Crippen LogP) is 4.69. The van der Waals surface area contributed by atoms with E-state index in [1.54, 1.807) is 12.0 Å². The van der Waals surface area contributed by atoms with Gasteiger partial charge < -0.3 is 18.8 Å². The standard InChI is InChI=1S/C25H26FNO5/c1-3-4-5-13-31-18-9-6-16(7-10-18)22-21-23(28)19-15-17(26)8-11-20(19)32-24(21)25(29)27(22)12-14-30-2/h6-11,15,22H,3-5,12-14H2,1-2H3. The Labute approximate surface area is 185 Å². The summed E-state index contributed by atoms with van der Waals surface area (Å²) in [5.41, 5.74) is 0.753. The van der Waals surface area contributed by atoms with Gasteiger partial charge in [0.05, 0.1) is 30.2 Å². The molecule has 4 rings (SSSR count). The number of rotatable bonds is 9. The zero-order chi connectivity index (χ0) is 22.7. The quantitative estimate of drug-likeness (QED) is 0.453. The lowest BCUT2D eigenvalue weighted by atomic mass is 9.98. The minimum absolute atomic E-state index is 0.00453. The van der Waals surface area contributed by atoms with Crippen LogP contribution in [-0.4, -0.2) is 37.7 Å². The zero-order valence-electron chi connectivity index (χ0n) is 18.2. The maximum Gasteiger partial charge on any atom is 0.290 e. The Hall–Kier alpha value is -3.19. The van der Waals surface area contributed by atoms with Crippen molar-refractivity contribution < 1.29 is 23.1 Å². The molecule has 1 aliphatic heterocycles. The fourth-order valence-electron chi connectivity index (χ4n) is 4.05. The van der Waals surface area contributed by atoms with Crippen molar-refractivity contribution in [2.75, 3.05) is 26.9 Å². The summed E-state index contributed by atoms with van der Waals surface area (Å²) in [4.78, 5) is 28.0. The maximum atomic E-state index is 13.8. The molecule has 1 aromatic heterocycles. The highest BCUT2D eigenvalue weighted by Crippen LogP contribution is 2.38. The molecule has 6 nitrogen and oxygen atoms in total. The fraction of sp³-hybridized carbons (Fsp3) is 0.360. The molecular formula is C25H26FNO5. The van der Waals surface area contributed by atoms with E-state index < -0.39 is 17.3 Å². The van der Waals surface area contributed by atoms with E-state index in [9.17, 15) is 14.0 Å². The third-order valence-electron chi connectivity index (χ3n) is 5.68. The molecule has 1 aliphatic rings. The Morgan fingerprint density at radius 1 is 1.06 bits per heavy atom. The van der Waals surface area contributed by atoms with E-state index in [-0.39, 0.29) is 34.7 Å². The minimum atomic E-state index is -0.647. The Morgan fingerprint density at radius 3 is 2.56 bits per heavy atom. The van der Waals surface area contributed by atoms with Crippen molar-refractivity contribution in [1.82, 2.24) is 4.90 Å². The van der Waals surface area contributed by atoms with Crippen LogP contribution in [-0.2, 0) is 4.74 Å². The molecule has 0 N–H and O–H groups in total. The smallest absolute Gasteiger partial charge is 0.290 e. The number of benzene rings is 2. The summed E-state index contributed by atoms with van der Waals surface area (Å²) in [5, 5.41) is 0.117. The first-order valence-electron chi connectivity index (χ1n) is 10.8. The average Bonchev–Trinajstić information content (AvgIpc) is 3.08. The van der Waals surface area contributed by atoms with Gasteiger partial charge in [0, 0.05) is 13.7 Å². The fourth-order valence-corrected chi connectivity index (χ4v) is 4.05. The summed E-state index contributed by atoms with van der Waals surface area (Å²) in [6.45, 7) is 3.36. The van der Waals surface area contributed by atoms with Crippen LogP contribution in [0.4, 0.5) is 4.39 Å². The Bertz CT molecular complexity index is 1170. The predicted molar refractivity (Wildman–Crippen MR) is 119 cm³/mol. The number of unbranched alkanes of at least 4 members (excludes halogenated alkanes) is 2. The lowest BCUT2D eigenvalue weighted by Gasteiger charge is -2.25. The third-order valence-corrected chi connectivity index (χ3v) is 5.68. The molecule has 1 atom stereocenters. The van der Waals surface area contributed by atoms with Crippen LogP contribution < -0.4 is 10.2 Å². The van der Waals surface area contributed by atoms with Crippen LogP contribution in [0.15, 0.2) is 51.7 Å². The second-order valence-corrected chi connectivity index (χ2v) is 7.83. The van der Waals surface area contributed by atoms with Crippen molar-refractivity contribution in [3.05, 3.63) is 75.4 Å². The summed E-state index contributed by atoms with van der Waals surface area (Å²) >= 11 is 0. The largest absolute Gasteiger partial charge is 0.494 e. The molecule has 0 aliphatic carbocycles. The monoisotopic (exact) mass is 439 g/mol. The van der Waals surface area contributed by atoms with Gasteiger partial charge in [0.1, 0.15) is 17.1 Å². The van der Waals surface area contributed by atoms with Crippen molar-refractivity contribution in [3.63, 3.8) is 0 Å². The van der Waals surface area contributed by atoms with Gasteiger partial charge in [0.2, 0.25) is 5.76 Å². The van der Waals surface area contributed by atoms with Gasteiger partial charge >= 0.3 is 0 Å². The van der Waals surface area contributed by atoms with E-state index >= 15 is 0 Å². The number of nitrogens with zero attached hydrogens (tertiary/aromatic N) is 1. The van der Waals surface area contributed by atoms with Crippen molar-refractivity contribution in [2.45, 2.75) is 32.2 Å². The van der Waals surface area contributed by atoms with Crippen LogP contribution >= 0.6 is 0 Å². The molecular weight excluding hydrogens is 413 g/mol. The van der Waals surface area contributed by atoms with Gasteiger partial charge in [-0.25, -0.2) is 4.39 Å². The lowest BCUT2D eigenvalue weighted by Crippen LogP contribution is -2.32. The summed E-state index contributed by atoms with van der Waals surface area (Å²) in [5.74, 6) is -0.197. The van der Waals surface area contributed by atoms with Crippen LogP contribution in [0.2, 0.25) is 0 Å². The first-order chi connectivity index (χ1) is 15.5. The van der Waals surface area contributed by atoms with Crippen LogP contribution in [0.1, 0.15) is 53.9 Å². The van der Waals surface area contributed by atoms with E-state index in [4.69, 9.17) is 13.9 Å². The van der Waals surface area contributed by atoms with Gasteiger partial charge in [-0.2, -0.15) is 0 Å². The van der Waals surface area contributed by atoms with Gasteiger partial charge in [-0.1, -0.05) is 31.9 Å². The number of fused-ring (bicyclic) bond motifs is 2. The van der Waals surface area contributed by atoms with Crippen molar-refractivity contribution in [3.8, 4) is 5.75 Å². The van der Waals surface area contributed by atoms with Crippen LogP contribution in [0, 0.1) is 5.82 Å².